The predicted octanol–water partition coefficient (Wildman–Crippen LogP) is 4.60. The van der Waals surface area contributed by atoms with Crippen molar-refractivity contribution in [3.05, 3.63) is 46.8 Å². The lowest BCUT2D eigenvalue weighted by Crippen LogP contribution is -2.31. The smallest absolute Gasteiger partial charge is 0.319 e. The highest BCUT2D eigenvalue weighted by atomic mass is 32.2. The Morgan fingerprint density at radius 3 is 2.65 bits per heavy atom. The molecule has 0 aliphatic carbocycles. The molecule has 0 aliphatic rings. The zero-order valence-electron chi connectivity index (χ0n) is 14.1. The summed E-state index contributed by atoms with van der Waals surface area (Å²) < 4.78 is 5.15. The Balaban J connectivity index is 2.02. The van der Waals surface area contributed by atoms with E-state index in [1.165, 1.54) is 5.56 Å². The van der Waals surface area contributed by atoms with Gasteiger partial charge in [0.25, 0.3) is 0 Å². The maximum Gasteiger partial charge on any atom is 0.319 e. The number of carbonyl (C=O) groups excluding carboxylic acids is 1. The monoisotopic (exact) mass is 333 g/mol. The van der Waals surface area contributed by atoms with Crippen LogP contribution in [0.3, 0.4) is 0 Å². The Labute approximate surface area is 141 Å². The van der Waals surface area contributed by atoms with E-state index in [1.807, 2.05) is 39.0 Å². The van der Waals surface area contributed by atoms with Gasteiger partial charge in [-0.05, 0) is 51.6 Å². The zero-order chi connectivity index (χ0) is 17.0. The molecule has 2 rings (SSSR count). The summed E-state index contributed by atoms with van der Waals surface area (Å²) in [7, 11) is 0. The summed E-state index contributed by atoms with van der Waals surface area (Å²) in [5.41, 5.74) is 3.69. The molecular formula is C17H23N3O2S. The van der Waals surface area contributed by atoms with Crippen molar-refractivity contribution in [2.75, 3.05) is 11.6 Å². The standard InChI is InChI=1S/C17H23N3O2S/c1-10(16-11(2)20-22-12(16)3)18-17(21)19-15-8-6-7-14(9-15)13(4)23-5/h6-10,13H,1-5H3,(H2,18,19,21)/t10-,13-/m1/s1. The van der Waals surface area contributed by atoms with Crippen LogP contribution in [0.5, 0.6) is 0 Å². The van der Waals surface area contributed by atoms with Gasteiger partial charge in [-0.3, -0.25) is 0 Å². The van der Waals surface area contributed by atoms with Crippen molar-refractivity contribution < 1.29 is 9.32 Å². The third-order valence-electron chi connectivity index (χ3n) is 3.84. The average molecular weight is 333 g/mol. The van der Waals surface area contributed by atoms with Crippen molar-refractivity contribution in [3.8, 4) is 0 Å². The van der Waals surface area contributed by atoms with E-state index in [4.69, 9.17) is 4.52 Å². The molecule has 0 unspecified atom stereocenters. The van der Waals surface area contributed by atoms with Crippen molar-refractivity contribution in [1.82, 2.24) is 10.5 Å². The van der Waals surface area contributed by atoms with Gasteiger partial charge < -0.3 is 15.2 Å². The second-order valence-corrected chi connectivity index (χ2v) is 6.74. The molecule has 124 valence electrons. The number of nitrogens with one attached hydrogen (secondary N) is 2. The van der Waals surface area contributed by atoms with Gasteiger partial charge in [0.05, 0.1) is 11.7 Å². The van der Waals surface area contributed by atoms with Crippen LogP contribution in [0.25, 0.3) is 0 Å². The minimum absolute atomic E-state index is 0.172. The highest BCUT2D eigenvalue weighted by Gasteiger charge is 2.18. The minimum atomic E-state index is -0.244. The molecule has 0 fully saturated rings. The second-order valence-electron chi connectivity index (χ2n) is 5.56. The topological polar surface area (TPSA) is 67.2 Å². The number of urea groups is 1. The number of hydrogen-bond donors (Lipinski definition) is 2. The molecule has 1 aromatic carbocycles. The van der Waals surface area contributed by atoms with Gasteiger partial charge >= 0.3 is 6.03 Å². The summed E-state index contributed by atoms with van der Waals surface area (Å²) in [6.45, 7) is 7.77. The van der Waals surface area contributed by atoms with E-state index < -0.39 is 0 Å². The Kier molecular flexibility index (Phi) is 5.71. The molecule has 1 aromatic heterocycles. The van der Waals surface area contributed by atoms with Gasteiger partial charge in [0.15, 0.2) is 0 Å². The normalized spacial score (nSPS) is 13.4. The first-order valence-corrected chi connectivity index (χ1v) is 8.84. The van der Waals surface area contributed by atoms with Gasteiger partial charge in [-0.25, -0.2) is 4.79 Å². The molecule has 23 heavy (non-hydrogen) atoms. The highest BCUT2D eigenvalue weighted by molar-refractivity contribution is 7.98. The molecule has 0 aliphatic heterocycles. The van der Waals surface area contributed by atoms with E-state index >= 15 is 0 Å². The van der Waals surface area contributed by atoms with Crippen LogP contribution in [0.4, 0.5) is 10.5 Å². The van der Waals surface area contributed by atoms with E-state index in [1.54, 1.807) is 11.8 Å². The molecule has 2 atom stereocenters. The summed E-state index contributed by atoms with van der Waals surface area (Å²) in [4.78, 5) is 12.2. The number of nitrogens with zero attached hydrogens (tertiary/aromatic N) is 1. The minimum Gasteiger partial charge on any atom is -0.361 e. The number of amides is 2. The largest absolute Gasteiger partial charge is 0.361 e. The third-order valence-corrected chi connectivity index (χ3v) is 4.82. The predicted molar refractivity (Wildman–Crippen MR) is 94.9 cm³/mol. The molecule has 0 saturated heterocycles. The SMILES string of the molecule is CS[C@H](C)c1cccc(NC(=O)N[C@H](C)c2c(C)noc2C)c1. The number of thioether (sulfide) groups is 1. The van der Waals surface area contributed by atoms with E-state index in [0.717, 1.165) is 22.7 Å². The van der Waals surface area contributed by atoms with E-state index in [2.05, 4.69) is 35.0 Å². The Morgan fingerprint density at radius 1 is 1.30 bits per heavy atom. The molecule has 5 nitrogen and oxygen atoms in total. The fourth-order valence-corrected chi connectivity index (χ4v) is 2.97. The number of hydrogen-bond acceptors (Lipinski definition) is 4. The van der Waals surface area contributed by atoms with Gasteiger partial charge in [0.2, 0.25) is 0 Å². The van der Waals surface area contributed by atoms with Crippen LogP contribution >= 0.6 is 11.8 Å². The maximum atomic E-state index is 12.2. The van der Waals surface area contributed by atoms with Crippen LogP contribution in [0, 0.1) is 13.8 Å². The maximum absolute atomic E-state index is 12.2. The molecule has 0 spiro atoms. The number of aryl methyl sites for hydroxylation is 2. The third kappa shape index (κ3) is 4.28. The van der Waals surface area contributed by atoms with E-state index in [9.17, 15) is 4.79 Å². The fourth-order valence-electron chi connectivity index (χ4n) is 2.55. The molecule has 6 heteroatoms. The number of anilines is 1. The van der Waals surface area contributed by atoms with Gasteiger partial charge in [0.1, 0.15) is 5.76 Å². The van der Waals surface area contributed by atoms with Crippen molar-refractivity contribution >= 4 is 23.5 Å². The molecule has 1 heterocycles. The summed E-state index contributed by atoms with van der Waals surface area (Å²) in [6, 6.07) is 7.49. The molecular weight excluding hydrogens is 310 g/mol. The Morgan fingerprint density at radius 2 is 2.04 bits per heavy atom. The summed E-state index contributed by atoms with van der Waals surface area (Å²) in [5, 5.41) is 10.1. The van der Waals surface area contributed by atoms with Gasteiger partial charge in [-0.15, -0.1) is 0 Å². The highest BCUT2D eigenvalue weighted by Crippen LogP contribution is 2.27. The zero-order valence-corrected chi connectivity index (χ0v) is 15.0. The summed E-state index contributed by atoms with van der Waals surface area (Å²) in [6.07, 6.45) is 2.07. The first kappa shape index (κ1) is 17.4. The molecule has 0 bridgehead atoms. The van der Waals surface area contributed by atoms with Crippen LogP contribution in [0.1, 0.15) is 47.7 Å². The van der Waals surface area contributed by atoms with Gasteiger partial charge in [0, 0.05) is 16.5 Å². The molecule has 2 N–H and O–H groups in total. The number of aromatic nitrogens is 1. The quantitative estimate of drug-likeness (QED) is 0.839. The lowest BCUT2D eigenvalue weighted by atomic mass is 10.1. The molecule has 2 amide bonds. The van der Waals surface area contributed by atoms with Crippen molar-refractivity contribution in [3.63, 3.8) is 0 Å². The second kappa shape index (κ2) is 7.55. The van der Waals surface area contributed by atoms with Crippen molar-refractivity contribution in [1.29, 1.82) is 0 Å². The van der Waals surface area contributed by atoms with Gasteiger partial charge in [-0.1, -0.05) is 17.3 Å². The van der Waals surface area contributed by atoms with Gasteiger partial charge in [-0.2, -0.15) is 11.8 Å². The molecule has 2 aromatic rings. The number of benzene rings is 1. The van der Waals surface area contributed by atoms with Crippen LogP contribution < -0.4 is 10.6 Å². The summed E-state index contributed by atoms with van der Waals surface area (Å²) in [5.74, 6) is 0.728. The van der Waals surface area contributed by atoms with Crippen LogP contribution in [-0.2, 0) is 0 Å². The molecule has 0 saturated carbocycles. The van der Waals surface area contributed by atoms with E-state index in [-0.39, 0.29) is 12.1 Å². The van der Waals surface area contributed by atoms with Crippen LogP contribution in [0.15, 0.2) is 28.8 Å². The summed E-state index contributed by atoms with van der Waals surface area (Å²) >= 11 is 1.77. The first-order chi connectivity index (χ1) is 10.9. The van der Waals surface area contributed by atoms with Crippen LogP contribution in [-0.4, -0.2) is 17.4 Å². The Hall–Kier alpha value is -1.95. The molecule has 0 radical (unpaired) electrons. The average Bonchev–Trinajstić information content (AvgIpc) is 2.85. The number of carbonyl (C=O) groups is 1. The lowest BCUT2D eigenvalue weighted by Gasteiger charge is -2.15. The van der Waals surface area contributed by atoms with E-state index in [0.29, 0.717) is 5.25 Å². The first-order valence-electron chi connectivity index (χ1n) is 7.55. The van der Waals surface area contributed by atoms with Crippen molar-refractivity contribution in [2.24, 2.45) is 0 Å². The lowest BCUT2D eigenvalue weighted by molar-refractivity contribution is 0.249. The Bertz CT molecular complexity index is 665. The van der Waals surface area contributed by atoms with Crippen molar-refractivity contribution in [2.45, 2.75) is 39.0 Å². The number of rotatable bonds is 5. The fraction of sp³-hybridized carbons (Fsp3) is 0.412. The van der Waals surface area contributed by atoms with Crippen LogP contribution in [0.2, 0.25) is 0 Å².